The van der Waals surface area contributed by atoms with Crippen molar-refractivity contribution in [3.63, 3.8) is 0 Å². The lowest BCUT2D eigenvalue weighted by Gasteiger charge is -2.15. The Bertz CT molecular complexity index is 830. The number of ether oxygens (including phenoxy) is 2. The largest absolute Gasteiger partial charge is 0.497 e. The van der Waals surface area contributed by atoms with Crippen LogP contribution in [0.3, 0.4) is 0 Å². The van der Waals surface area contributed by atoms with Crippen LogP contribution in [0.1, 0.15) is 10.4 Å². The molecule has 2 aromatic carbocycles. The lowest BCUT2D eigenvalue weighted by Crippen LogP contribution is -2.33. The molecule has 0 atom stereocenters. The van der Waals surface area contributed by atoms with Gasteiger partial charge in [0.25, 0.3) is 15.9 Å². The van der Waals surface area contributed by atoms with Gasteiger partial charge in [-0.3, -0.25) is 4.79 Å². The molecule has 2 aromatic rings. The summed E-state index contributed by atoms with van der Waals surface area (Å²) in [7, 11) is -2.21. The fourth-order valence-electron chi connectivity index (χ4n) is 2.37. The Labute approximate surface area is 134 Å². The fraction of sp³-hybridized carbons (Fsp3) is 0.188. The maximum atomic E-state index is 12.4. The molecule has 0 saturated carbocycles. The summed E-state index contributed by atoms with van der Waals surface area (Å²) < 4.78 is 36.1. The van der Waals surface area contributed by atoms with E-state index in [0.29, 0.717) is 11.5 Å². The highest BCUT2D eigenvalue weighted by atomic mass is 32.2. The summed E-state index contributed by atoms with van der Waals surface area (Å²) in [6.07, 6.45) is 0. The van der Waals surface area contributed by atoms with Crippen LogP contribution in [0.2, 0.25) is 0 Å². The molecule has 0 unspecified atom stereocenters. The molecule has 1 aliphatic heterocycles. The van der Waals surface area contributed by atoms with Gasteiger partial charge >= 0.3 is 0 Å². The van der Waals surface area contributed by atoms with Crippen LogP contribution in [0.4, 0.5) is 0 Å². The van der Waals surface area contributed by atoms with E-state index in [2.05, 4.69) is 0 Å². The Morgan fingerprint density at radius 3 is 2.30 bits per heavy atom. The molecular weight excluding hydrogens is 318 g/mol. The van der Waals surface area contributed by atoms with Gasteiger partial charge in [0.2, 0.25) is 0 Å². The first-order valence-electron chi connectivity index (χ1n) is 6.97. The minimum absolute atomic E-state index is 0.0398. The van der Waals surface area contributed by atoms with Gasteiger partial charge in [-0.15, -0.1) is 0 Å². The molecule has 0 fully saturated rings. The topological polar surface area (TPSA) is 72.9 Å². The van der Waals surface area contributed by atoms with E-state index in [9.17, 15) is 13.2 Å². The number of amides is 1. The van der Waals surface area contributed by atoms with E-state index in [0.717, 1.165) is 4.31 Å². The van der Waals surface area contributed by atoms with E-state index in [1.165, 1.54) is 12.1 Å². The molecule has 23 heavy (non-hydrogen) atoms. The number of hydrogen-bond donors (Lipinski definition) is 0. The van der Waals surface area contributed by atoms with Crippen molar-refractivity contribution in [3.05, 3.63) is 54.1 Å². The number of methoxy groups -OCH3 is 1. The highest BCUT2D eigenvalue weighted by Gasteiger charge is 2.40. The first kappa shape index (κ1) is 15.4. The second-order valence-electron chi connectivity index (χ2n) is 4.90. The van der Waals surface area contributed by atoms with Crippen molar-refractivity contribution >= 4 is 15.9 Å². The number of hydrogen-bond acceptors (Lipinski definition) is 5. The zero-order valence-electron chi connectivity index (χ0n) is 12.4. The summed E-state index contributed by atoms with van der Waals surface area (Å²) in [6.45, 7) is 0.0349. The van der Waals surface area contributed by atoms with E-state index in [-0.39, 0.29) is 23.6 Å². The minimum atomic E-state index is -3.78. The van der Waals surface area contributed by atoms with Crippen LogP contribution in [0.25, 0.3) is 0 Å². The first-order valence-corrected chi connectivity index (χ1v) is 8.41. The van der Waals surface area contributed by atoms with Crippen molar-refractivity contribution in [2.45, 2.75) is 4.90 Å². The lowest BCUT2D eigenvalue weighted by molar-refractivity contribution is 0.0857. The molecule has 1 aliphatic rings. The van der Waals surface area contributed by atoms with Crippen molar-refractivity contribution in [2.75, 3.05) is 20.3 Å². The van der Waals surface area contributed by atoms with Crippen LogP contribution in [0, 0.1) is 0 Å². The molecule has 0 spiro atoms. The van der Waals surface area contributed by atoms with Crippen molar-refractivity contribution in [1.82, 2.24) is 4.31 Å². The van der Waals surface area contributed by atoms with Crippen molar-refractivity contribution in [1.29, 1.82) is 0 Å². The summed E-state index contributed by atoms with van der Waals surface area (Å²) in [6, 6.07) is 13.1. The predicted molar refractivity (Wildman–Crippen MR) is 83.2 cm³/mol. The Morgan fingerprint density at radius 2 is 1.65 bits per heavy atom. The molecule has 7 heteroatoms. The average Bonchev–Trinajstić information content (AvgIpc) is 2.76. The van der Waals surface area contributed by atoms with Gasteiger partial charge in [-0.05, 0) is 36.4 Å². The van der Waals surface area contributed by atoms with Crippen molar-refractivity contribution < 1.29 is 22.7 Å². The maximum Gasteiger partial charge on any atom is 0.269 e. The summed E-state index contributed by atoms with van der Waals surface area (Å²) >= 11 is 0. The average molecular weight is 333 g/mol. The molecule has 1 heterocycles. The monoisotopic (exact) mass is 333 g/mol. The maximum absolute atomic E-state index is 12.4. The molecule has 0 bridgehead atoms. The van der Waals surface area contributed by atoms with Gasteiger partial charge in [-0.2, -0.15) is 0 Å². The second kappa shape index (κ2) is 5.92. The third-order valence-electron chi connectivity index (χ3n) is 3.53. The van der Waals surface area contributed by atoms with Gasteiger partial charge in [0.1, 0.15) is 23.0 Å². The van der Waals surface area contributed by atoms with E-state index >= 15 is 0 Å². The van der Waals surface area contributed by atoms with E-state index < -0.39 is 15.9 Å². The zero-order valence-corrected chi connectivity index (χ0v) is 13.2. The number of sulfonamides is 1. The summed E-state index contributed by atoms with van der Waals surface area (Å²) in [5.74, 6) is 0.761. The van der Waals surface area contributed by atoms with Gasteiger partial charge in [0, 0.05) is 0 Å². The molecule has 0 aliphatic carbocycles. The van der Waals surface area contributed by atoms with Crippen LogP contribution in [0.15, 0.2) is 53.4 Å². The predicted octanol–water partition coefficient (Wildman–Crippen LogP) is 1.92. The van der Waals surface area contributed by atoms with Crippen molar-refractivity contribution in [3.8, 4) is 11.5 Å². The Morgan fingerprint density at radius 1 is 1.00 bits per heavy atom. The fourth-order valence-corrected chi connectivity index (χ4v) is 3.92. The van der Waals surface area contributed by atoms with E-state index in [4.69, 9.17) is 9.47 Å². The molecule has 120 valence electrons. The molecule has 1 amide bonds. The first-order chi connectivity index (χ1) is 11.0. The highest BCUT2D eigenvalue weighted by Crippen LogP contribution is 2.29. The zero-order chi connectivity index (χ0) is 16.4. The van der Waals surface area contributed by atoms with Gasteiger partial charge in [0.15, 0.2) is 0 Å². The van der Waals surface area contributed by atoms with Gasteiger partial charge in [-0.25, -0.2) is 12.7 Å². The van der Waals surface area contributed by atoms with Crippen LogP contribution in [-0.4, -0.2) is 38.9 Å². The van der Waals surface area contributed by atoms with Gasteiger partial charge in [0.05, 0.1) is 19.2 Å². The smallest absolute Gasteiger partial charge is 0.269 e. The normalized spacial score (nSPS) is 15.3. The number of carbonyl (C=O) groups excluding carboxylic acids is 1. The van der Waals surface area contributed by atoms with Crippen LogP contribution >= 0.6 is 0 Å². The third kappa shape index (κ3) is 2.75. The summed E-state index contributed by atoms with van der Waals surface area (Å²) in [4.78, 5) is 12.3. The number of rotatable bonds is 5. The number of fused-ring (bicyclic) bond motifs is 1. The quantitative estimate of drug-likeness (QED) is 0.836. The van der Waals surface area contributed by atoms with Crippen LogP contribution in [0.5, 0.6) is 11.5 Å². The lowest BCUT2D eigenvalue weighted by atomic mass is 10.2. The van der Waals surface area contributed by atoms with Gasteiger partial charge < -0.3 is 9.47 Å². The van der Waals surface area contributed by atoms with Crippen LogP contribution in [-0.2, 0) is 10.0 Å². The highest BCUT2D eigenvalue weighted by molar-refractivity contribution is 7.90. The molecule has 0 aromatic heterocycles. The Kier molecular flexibility index (Phi) is 3.96. The molecule has 0 radical (unpaired) electrons. The Hall–Kier alpha value is -2.54. The molecule has 0 saturated heterocycles. The van der Waals surface area contributed by atoms with E-state index in [1.807, 2.05) is 0 Å². The molecule has 3 rings (SSSR count). The number of carbonyl (C=O) groups is 1. The second-order valence-corrected chi connectivity index (χ2v) is 6.73. The standard InChI is InChI=1S/C16H15NO5S/c1-21-12-6-8-13(9-7-12)22-11-10-17-16(18)14-4-2-3-5-15(14)23(17,19)20/h2-9H,10-11H2,1H3. The van der Waals surface area contributed by atoms with Crippen LogP contribution < -0.4 is 9.47 Å². The number of benzene rings is 2. The molecule has 0 N–H and O–H groups in total. The van der Waals surface area contributed by atoms with Crippen molar-refractivity contribution in [2.24, 2.45) is 0 Å². The molecule has 6 nitrogen and oxygen atoms in total. The summed E-state index contributed by atoms with van der Waals surface area (Å²) in [5.41, 5.74) is 0.206. The summed E-state index contributed by atoms with van der Waals surface area (Å²) in [5, 5.41) is 0. The van der Waals surface area contributed by atoms with Gasteiger partial charge in [-0.1, -0.05) is 12.1 Å². The third-order valence-corrected chi connectivity index (χ3v) is 5.38. The SMILES string of the molecule is COc1ccc(OCCN2C(=O)c3ccccc3S2(=O)=O)cc1. The number of nitrogens with zero attached hydrogens (tertiary/aromatic N) is 1. The van der Waals surface area contributed by atoms with E-state index in [1.54, 1.807) is 43.5 Å². The Balaban J connectivity index is 1.68. The minimum Gasteiger partial charge on any atom is -0.497 e. The molecular formula is C16H15NO5S.